The number of hydrogen-bond donors (Lipinski definition) is 2. The topological polar surface area (TPSA) is 57.5 Å². The molecule has 1 aromatic rings. The van der Waals surface area contributed by atoms with Crippen LogP contribution in [0.3, 0.4) is 0 Å². The van der Waals surface area contributed by atoms with Gasteiger partial charge in [0.05, 0.1) is 0 Å². The Morgan fingerprint density at radius 3 is 1.76 bits per heavy atom. The predicted molar refractivity (Wildman–Crippen MR) is 102 cm³/mol. The summed E-state index contributed by atoms with van der Waals surface area (Å²) < 4.78 is 0. The maximum absolute atomic E-state index is 8.56. The number of carbonyl (C=O) groups is 1. The monoisotopic (exact) mass is 344 g/mol. The molecule has 3 nitrogen and oxygen atoms in total. The van der Waals surface area contributed by atoms with E-state index in [1.54, 1.807) is 11.1 Å². The molecule has 2 N–H and O–H groups in total. The summed E-state index contributed by atoms with van der Waals surface area (Å²) in [6, 6.07) is 9.73. The summed E-state index contributed by atoms with van der Waals surface area (Å²) >= 11 is 0. The van der Waals surface area contributed by atoms with Crippen molar-refractivity contribution in [1.82, 2.24) is 0 Å². The summed E-state index contributed by atoms with van der Waals surface area (Å²) in [5.41, 5.74) is 3.19. The lowest BCUT2D eigenvalue weighted by Gasteiger charge is -2.28. The number of rotatable bonds is 4. The van der Waals surface area contributed by atoms with Gasteiger partial charge in [-0.15, -0.1) is 6.58 Å². The molecule has 0 spiro atoms. The second kappa shape index (κ2) is 10.3. The van der Waals surface area contributed by atoms with Crippen molar-refractivity contribution in [2.45, 2.75) is 76.0 Å². The van der Waals surface area contributed by atoms with Crippen LogP contribution in [0.2, 0.25) is 0 Å². The summed E-state index contributed by atoms with van der Waals surface area (Å²) in [5, 5.41) is 13.9. The molecule has 2 fully saturated rings. The molecule has 0 aromatic heterocycles. The molecular weight excluding hydrogens is 312 g/mol. The van der Waals surface area contributed by atoms with E-state index >= 15 is 0 Å². The fourth-order valence-corrected chi connectivity index (χ4v) is 4.44. The standard InChI is InChI=1S/C21H30.CH2O3/c1-2-6-17-9-11-19(12-10-17)21-15-13-20(14-16-21)18-7-4-3-5-8-18;2-1(3)4/h2,13-19H,1,3-12H2;(H2,2,3,4)/t17-,19-;. The summed E-state index contributed by atoms with van der Waals surface area (Å²) in [7, 11) is 0. The van der Waals surface area contributed by atoms with Gasteiger partial charge in [0.2, 0.25) is 0 Å². The van der Waals surface area contributed by atoms with E-state index in [1.165, 1.54) is 64.2 Å². The van der Waals surface area contributed by atoms with Crippen LogP contribution in [0.1, 0.15) is 87.2 Å². The number of carboxylic acid groups (broad SMARTS) is 2. The molecule has 25 heavy (non-hydrogen) atoms. The van der Waals surface area contributed by atoms with Crippen LogP contribution in [0.4, 0.5) is 4.79 Å². The third kappa shape index (κ3) is 6.56. The van der Waals surface area contributed by atoms with Gasteiger partial charge >= 0.3 is 6.16 Å². The molecule has 0 radical (unpaired) electrons. The minimum absolute atomic E-state index is 0.812. The van der Waals surface area contributed by atoms with Crippen LogP contribution in [-0.4, -0.2) is 16.4 Å². The second-order valence-electron chi connectivity index (χ2n) is 7.53. The highest BCUT2D eigenvalue weighted by atomic mass is 16.6. The zero-order valence-corrected chi connectivity index (χ0v) is 15.2. The van der Waals surface area contributed by atoms with Crippen molar-refractivity contribution in [2.24, 2.45) is 5.92 Å². The Morgan fingerprint density at radius 1 is 0.880 bits per heavy atom. The van der Waals surface area contributed by atoms with Crippen LogP contribution < -0.4 is 0 Å². The van der Waals surface area contributed by atoms with Gasteiger partial charge in [0, 0.05) is 0 Å². The third-order valence-corrected chi connectivity index (χ3v) is 5.83. The Hall–Kier alpha value is -1.77. The minimum atomic E-state index is -1.83. The van der Waals surface area contributed by atoms with Gasteiger partial charge in [0.15, 0.2) is 0 Å². The molecule has 1 aromatic carbocycles. The molecule has 0 heterocycles. The van der Waals surface area contributed by atoms with Crippen molar-refractivity contribution in [3.63, 3.8) is 0 Å². The van der Waals surface area contributed by atoms with Crippen LogP contribution in [0.5, 0.6) is 0 Å². The van der Waals surface area contributed by atoms with E-state index in [0.29, 0.717) is 0 Å². The van der Waals surface area contributed by atoms with Gasteiger partial charge in [-0.1, -0.05) is 49.6 Å². The highest BCUT2D eigenvalue weighted by Crippen LogP contribution is 2.38. The van der Waals surface area contributed by atoms with Crippen molar-refractivity contribution in [3.8, 4) is 0 Å². The summed E-state index contributed by atoms with van der Waals surface area (Å²) in [5.74, 6) is 2.56. The summed E-state index contributed by atoms with van der Waals surface area (Å²) in [4.78, 5) is 8.56. The highest BCUT2D eigenvalue weighted by molar-refractivity contribution is 5.53. The van der Waals surface area contributed by atoms with Crippen molar-refractivity contribution in [1.29, 1.82) is 0 Å². The zero-order chi connectivity index (χ0) is 18.1. The molecular formula is C22H32O3. The van der Waals surface area contributed by atoms with Crippen LogP contribution in [0.25, 0.3) is 0 Å². The molecule has 138 valence electrons. The molecule has 2 saturated carbocycles. The quantitative estimate of drug-likeness (QED) is 0.590. The Morgan fingerprint density at radius 2 is 1.32 bits per heavy atom. The third-order valence-electron chi connectivity index (χ3n) is 5.83. The minimum Gasteiger partial charge on any atom is -0.450 e. The first kappa shape index (κ1) is 19.6. The Balaban J connectivity index is 0.000000511. The molecule has 2 aliphatic carbocycles. The summed E-state index contributed by atoms with van der Waals surface area (Å²) in [6.45, 7) is 3.89. The van der Waals surface area contributed by atoms with E-state index in [9.17, 15) is 0 Å². The predicted octanol–water partition coefficient (Wildman–Crippen LogP) is 6.81. The Bertz CT molecular complexity index is 517. The van der Waals surface area contributed by atoms with Crippen molar-refractivity contribution < 1.29 is 15.0 Å². The first-order chi connectivity index (χ1) is 12.1. The SMILES string of the molecule is C=CC[C@H]1CC[C@H](c2ccc(C3CCCCC3)cc2)CC1.O=C(O)O. The first-order valence-corrected chi connectivity index (χ1v) is 9.72. The molecule has 3 rings (SSSR count). The van der Waals surface area contributed by atoms with Crippen molar-refractivity contribution >= 4 is 6.16 Å². The average Bonchev–Trinajstić information content (AvgIpc) is 2.63. The van der Waals surface area contributed by atoms with E-state index in [1.807, 2.05) is 0 Å². The number of hydrogen-bond acceptors (Lipinski definition) is 1. The Kier molecular flexibility index (Phi) is 8.03. The first-order valence-electron chi connectivity index (χ1n) is 9.72. The highest BCUT2D eigenvalue weighted by Gasteiger charge is 2.22. The normalized spacial score (nSPS) is 24.0. The van der Waals surface area contributed by atoms with Gasteiger partial charge in [-0.25, -0.2) is 4.79 Å². The zero-order valence-electron chi connectivity index (χ0n) is 15.2. The van der Waals surface area contributed by atoms with Gasteiger partial charge in [0.1, 0.15) is 0 Å². The molecule has 0 saturated heterocycles. The van der Waals surface area contributed by atoms with Gasteiger partial charge in [-0.05, 0) is 73.8 Å². The molecule has 0 atom stereocenters. The maximum atomic E-state index is 8.56. The lowest BCUT2D eigenvalue weighted by molar-refractivity contribution is 0.137. The van der Waals surface area contributed by atoms with Crippen LogP contribution in [0, 0.1) is 5.92 Å². The largest absolute Gasteiger partial charge is 0.503 e. The second-order valence-corrected chi connectivity index (χ2v) is 7.53. The maximum Gasteiger partial charge on any atom is 0.503 e. The van der Waals surface area contributed by atoms with Gasteiger partial charge in [0.25, 0.3) is 0 Å². The molecule has 2 aliphatic rings. The molecule has 0 unspecified atom stereocenters. The van der Waals surface area contributed by atoms with E-state index < -0.39 is 6.16 Å². The lowest BCUT2D eigenvalue weighted by Crippen LogP contribution is -2.13. The van der Waals surface area contributed by atoms with Crippen LogP contribution >= 0.6 is 0 Å². The fraction of sp³-hybridized carbons (Fsp3) is 0.591. The number of allylic oxidation sites excluding steroid dienone is 1. The van der Waals surface area contributed by atoms with Crippen molar-refractivity contribution in [2.75, 3.05) is 0 Å². The van der Waals surface area contributed by atoms with Gasteiger partial charge in [-0.3, -0.25) is 0 Å². The van der Waals surface area contributed by atoms with Gasteiger partial charge < -0.3 is 10.2 Å². The van der Waals surface area contributed by atoms with Crippen molar-refractivity contribution in [3.05, 3.63) is 48.0 Å². The number of benzene rings is 1. The van der Waals surface area contributed by atoms with E-state index in [4.69, 9.17) is 15.0 Å². The van der Waals surface area contributed by atoms with Crippen LogP contribution in [-0.2, 0) is 0 Å². The summed E-state index contributed by atoms with van der Waals surface area (Å²) in [6.07, 6.45) is 14.1. The Labute approximate surface area is 151 Å². The lowest BCUT2D eigenvalue weighted by atomic mass is 9.77. The average molecular weight is 344 g/mol. The van der Waals surface area contributed by atoms with E-state index in [0.717, 1.165) is 17.8 Å². The van der Waals surface area contributed by atoms with E-state index in [2.05, 4.69) is 36.9 Å². The molecule has 0 bridgehead atoms. The van der Waals surface area contributed by atoms with Gasteiger partial charge in [-0.2, -0.15) is 0 Å². The van der Waals surface area contributed by atoms with E-state index in [-0.39, 0.29) is 0 Å². The smallest absolute Gasteiger partial charge is 0.450 e. The molecule has 0 aliphatic heterocycles. The molecule has 3 heteroatoms. The molecule has 0 amide bonds. The fourth-order valence-electron chi connectivity index (χ4n) is 4.44. The van der Waals surface area contributed by atoms with Crippen LogP contribution in [0.15, 0.2) is 36.9 Å².